The third kappa shape index (κ3) is 6.12. The van der Waals surface area contributed by atoms with Crippen LogP contribution in [0.2, 0.25) is 0 Å². The number of carbonyl (C=O) groups excluding carboxylic acids is 1. The fourth-order valence-electron chi connectivity index (χ4n) is 4.47. The van der Waals surface area contributed by atoms with Crippen LogP contribution in [0.3, 0.4) is 0 Å². The van der Waals surface area contributed by atoms with Gasteiger partial charge in [-0.3, -0.25) is 4.79 Å². The summed E-state index contributed by atoms with van der Waals surface area (Å²) in [6.45, 7) is 7.59. The molecule has 1 aliphatic rings. The molecule has 0 radical (unpaired) electrons. The molecule has 8 heteroatoms. The Morgan fingerprint density at radius 2 is 1.83 bits per heavy atom. The zero-order chi connectivity index (χ0) is 24.8. The lowest BCUT2D eigenvalue weighted by Crippen LogP contribution is -2.45. The molecule has 0 aliphatic carbocycles. The Bertz CT molecular complexity index is 1130. The lowest BCUT2D eigenvalue weighted by Gasteiger charge is -2.35. The SMILES string of the molecule is COCCCN(Cc1c(C)nn(-c2ccccc2)c1N1CCN(C)CC1)C(=O)c1cccc(Br)c1. The smallest absolute Gasteiger partial charge is 0.254 e. The molecule has 35 heavy (non-hydrogen) atoms. The molecule has 7 nitrogen and oxygen atoms in total. The highest BCUT2D eigenvalue weighted by Gasteiger charge is 2.27. The van der Waals surface area contributed by atoms with Crippen molar-refractivity contribution in [3.05, 3.63) is 75.9 Å². The van der Waals surface area contributed by atoms with Gasteiger partial charge in [0.25, 0.3) is 5.91 Å². The van der Waals surface area contributed by atoms with E-state index in [4.69, 9.17) is 9.84 Å². The van der Waals surface area contributed by atoms with E-state index in [1.165, 1.54) is 0 Å². The number of amides is 1. The fourth-order valence-corrected chi connectivity index (χ4v) is 4.87. The van der Waals surface area contributed by atoms with E-state index >= 15 is 0 Å². The number of carbonyl (C=O) groups is 1. The quantitative estimate of drug-likeness (QED) is 0.378. The zero-order valence-electron chi connectivity index (χ0n) is 20.8. The normalized spacial score (nSPS) is 14.3. The Kier molecular flexibility index (Phi) is 8.59. The maximum atomic E-state index is 13.6. The van der Waals surface area contributed by atoms with E-state index in [2.05, 4.69) is 44.9 Å². The molecule has 3 aromatic rings. The molecule has 4 rings (SSSR count). The number of halogens is 1. The van der Waals surface area contributed by atoms with Crippen LogP contribution in [-0.2, 0) is 11.3 Å². The topological polar surface area (TPSA) is 53.8 Å². The van der Waals surface area contributed by atoms with Gasteiger partial charge in [-0.15, -0.1) is 0 Å². The number of ether oxygens (including phenoxy) is 1. The second-order valence-electron chi connectivity index (χ2n) is 9.01. The zero-order valence-corrected chi connectivity index (χ0v) is 22.4. The van der Waals surface area contributed by atoms with Gasteiger partial charge in [-0.1, -0.05) is 40.2 Å². The number of anilines is 1. The van der Waals surface area contributed by atoms with E-state index in [1.807, 2.05) is 59.0 Å². The second-order valence-corrected chi connectivity index (χ2v) is 9.92. The number of piperazine rings is 1. The molecule has 1 aromatic heterocycles. The van der Waals surface area contributed by atoms with Crippen LogP contribution in [0.15, 0.2) is 59.1 Å². The first-order valence-electron chi connectivity index (χ1n) is 12.1. The average Bonchev–Trinajstić information content (AvgIpc) is 3.20. The first-order chi connectivity index (χ1) is 17.0. The monoisotopic (exact) mass is 539 g/mol. The van der Waals surface area contributed by atoms with Crippen molar-refractivity contribution < 1.29 is 9.53 Å². The van der Waals surface area contributed by atoms with Crippen LogP contribution < -0.4 is 4.90 Å². The number of methoxy groups -OCH3 is 1. The summed E-state index contributed by atoms with van der Waals surface area (Å²) in [5.41, 5.74) is 3.74. The summed E-state index contributed by atoms with van der Waals surface area (Å²) in [5.74, 6) is 1.10. The Morgan fingerprint density at radius 3 is 2.51 bits per heavy atom. The van der Waals surface area contributed by atoms with Crippen LogP contribution in [-0.4, -0.2) is 79.0 Å². The Hall–Kier alpha value is -2.68. The van der Waals surface area contributed by atoms with Crippen molar-refractivity contribution in [2.45, 2.75) is 19.9 Å². The minimum atomic E-state index is 0.0126. The maximum absolute atomic E-state index is 13.6. The van der Waals surface area contributed by atoms with Gasteiger partial charge in [0.1, 0.15) is 5.82 Å². The number of benzene rings is 2. The van der Waals surface area contributed by atoms with Crippen LogP contribution in [0.5, 0.6) is 0 Å². The fraction of sp³-hybridized carbons (Fsp3) is 0.407. The molecule has 1 fully saturated rings. The summed E-state index contributed by atoms with van der Waals surface area (Å²) in [6.07, 6.45) is 0.770. The summed E-state index contributed by atoms with van der Waals surface area (Å²) < 4.78 is 8.23. The number of likely N-dealkylation sites (N-methyl/N-ethyl adjacent to an activating group) is 1. The number of hydrogen-bond acceptors (Lipinski definition) is 5. The number of nitrogens with zero attached hydrogens (tertiary/aromatic N) is 5. The first-order valence-corrected chi connectivity index (χ1v) is 12.9. The van der Waals surface area contributed by atoms with Crippen LogP contribution in [0.25, 0.3) is 5.69 Å². The summed E-state index contributed by atoms with van der Waals surface area (Å²) in [7, 11) is 3.85. The van der Waals surface area contributed by atoms with E-state index in [0.717, 1.165) is 59.8 Å². The van der Waals surface area contributed by atoms with Crippen molar-refractivity contribution in [1.29, 1.82) is 0 Å². The molecular formula is C27H34BrN5O2. The van der Waals surface area contributed by atoms with Gasteiger partial charge in [-0.2, -0.15) is 5.10 Å². The van der Waals surface area contributed by atoms with Crippen molar-refractivity contribution in [1.82, 2.24) is 19.6 Å². The molecule has 0 unspecified atom stereocenters. The van der Waals surface area contributed by atoms with E-state index < -0.39 is 0 Å². The highest BCUT2D eigenvalue weighted by molar-refractivity contribution is 9.10. The molecule has 1 aliphatic heterocycles. The second kappa shape index (κ2) is 11.8. The van der Waals surface area contributed by atoms with Crippen LogP contribution >= 0.6 is 15.9 Å². The van der Waals surface area contributed by atoms with Crippen LogP contribution in [0, 0.1) is 6.92 Å². The van der Waals surface area contributed by atoms with E-state index in [9.17, 15) is 4.79 Å². The van der Waals surface area contributed by atoms with Crippen molar-refractivity contribution in [3.8, 4) is 5.69 Å². The van der Waals surface area contributed by atoms with Gasteiger partial charge in [0, 0.05) is 62.0 Å². The number of aryl methyl sites for hydroxylation is 1. The van der Waals surface area contributed by atoms with Gasteiger partial charge in [-0.25, -0.2) is 4.68 Å². The van der Waals surface area contributed by atoms with Gasteiger partial charge in [0.05, 0.1) is 17.9 Å². The molecule has 186 valence electrons. The van der Waals surface area contributed by atoms with Gasteiger partial charge in [0.2, 0.25) is 0 Å². The number of aromatic nitrogens is 2. The number of para-hydroxylation sites is 1. The van der Waals surface area contributed by atoms with E-state index in [1.54, 1.807) is 7.11 Å². The molecule has 2 heterocycles. The molecule has 0 spiro atoms. The largest absolute Gasteiger partial charge is 0.385 e. The number of rotatable bonds is 9. The Labute approximate surface area is 216 Å². The summed E-state index contributed by atoms with van der Waals surface area (Å²) in [5, 5.41) is 4.96. The summed E-state index contributed by atoms with van der Waals surface area (Å²) >= 11 is 3.50. The molecule has 1 saturated heterocycles. The van der Waals surface area contributed by atoms with E-state index in [0.29, 0.717) is 25.3 Å². The average molecular weight is 541 g/mol. The van der Waals surface area contributed by atoms with Gasteiger partial charge >= 0.3 is 0 Å². The maximum Gasteiger partial charge on any atom is 0.254 e. The predicted molar refractivity (Wildman–Crippen MR) is 143 cm³/mol. The number of hydrogen-bond donors (Lipinski definition) is 0. The van der Waals surface area contributed by atoms with Crippen LogP contribution in [0.1, 0.15) is 28.0 Å². The van der Waals surface area contributed by atoms with Gasteiger partial charge in [0.15, 0.2) is 0 Å². The van der Waals surface area contributed by atoms with E-state index in [-0.39, 0.29) is 5.91 Å². The van der Waals surface area contributed by atoms with Crippen molar-refractivity contribution in [2.24, 2.45) is 0 Å². The highest BCUT2D eigenvalue weighted by atomic mass is 79.9. The summed E-state index contributed by atoms with van der Waals surface area (Å²) in [4.78, 5) is 20.3. The van der Waals surface area contributed by atoms with Crippen molar-refractivity contribution in [2.75, 3.05) is 58.4 Å². The van der Waals surface area contributed by atoms with Gasteiger partial charge < -0.3 is 19.4 Å². The molecular weight excluding hydrogens is 506 g/mol. The Balaban J connectivity index is 1.72. The Morgan fingerprint density at radius 1 is 1.09 bits per heavy atom. The lowest BCUT2D eigenvalue weighted by molar-refractivity contribution is 0.0723. The van der Waals surface area contributed by atoms with Crippen LogP contribution in [0.4, 0.5) is 5.82 Å². The minimum Gasteiger partial charge on any atom is -0.385 e. The minimum absolute atomic E-state index is 0.0126. The molecule has 0 bridgehead atoms. The third-order valence-electron chi connectivity index (χ3n) is 6.45. The van der Waals surface area contributed by atoms with Crippen molar-refractivity contribution in [3.63, 3.8) is 0 Å². The molecule has 0 saturated carbocycles. The molecule has 0 atom stereocenters. The predicted octanol–water partition coefficient (Wildman–Crippen LogP) is 4.37. The molecule has 0 N–H and O–H groups in total. The van der Waals surface area contributed by atoms with Gasteiger partial charge in [-0.05, 0) is 50.7 Å². The summed E-state index contributed by atoms with van der Waals surface area (Å²) in [6, 6.07) is 17.8. The molecule has 1 amide bonds. The third-order valence-corrected chi connectivity index (χ3v) is 6.94. The highest BCUT2D eigenvalue weighted by Crippen LogP contribution is 2.30. The standard InChI is InChI=1S/C27H34BrN5O2/c1-21-25(20-32(13-8-18-35-3)27(34)22-9-7-10-23(28)19-22)26(31-16-14-30(2)15-17-31)33(29-21)24-11-5-4-6-12-24/h4-7,9-12,19H,8,13-18,20H2,1-3H3. The first kappa shape index (κ1) is 25.4. The van der Waals surface area contributed by atoms with Crippen molar-refractivity contribution >= 4 is 27.7 Å². The molecule has 2 aromatic carbocycles. The lowest BCUT2D eigenvalue weighted by atomic mass is 10.1.